The zero-order valence-electron chi connectivity index (χ0n) is 9.22. The van der Waals surface area contributed by atoms with Crippen LogP contribution in [0.15, 0.2) is 35.2 Å². The number of nitrogens with zero attached hydrogens (tertiary/aromatic N) is 1. The van der Waals surface area contributed by atoms with Crippen molar-refractivity contribution < 1.29 is 9.59 Å². The summed E-state index contributed by atoms with van der Waals surface area (Å²) in [4.78, 5) is 27.1. The number of hydrogen-bond donors (Lipinski definition) is 1. The van der Waals surface area contributed by atoms with Gasteiger partial charge < -0.3 is 5.32 Å². The summed E-state index contributed by atoms with van der Waals surface area (Å²) >= 11 is 7.06. The Morgan fingerprint density at radius 2 is 2.11 bits per heavy atom. The van der Waals surface area contributed by atoms with Crippen LogP contribution >= 0.6 is 22.9 Å². The van der Waals surface area contributed by atoms with Crippen LogP contribution in [0.2, 0.25) is 5.15 Å². The quantitative estimate of drug-likeness (QED) is 0.691. The van der Waals surface area contributed by atoms with Crippen molar-refractivity contribution in [2.45, 2.75) is 0 Å². The first-order valence-corrected chi connectivity index (χ1v) is 6.44. The lowest BCUT2D eigenvalue weighted by Crippen LogP contribution is -2.29. The van der Waals surface area contributed by atoms with Gasteiger partial charge in [0, 0.05) is 17.1 Å². The molecule has 0 saturated heterocycles. The number of Topliss-reactive ketones (excluding diaryl/α,β-unsaturated/α-hetero) is 1. The summed E-state index contributed by atoms with van der Waals surface area (Å²) in [5.74, 6) is -0.464. The van der Waals surface area contributed by atoms with E-state index in [-0.39, 0.29) is 18.2 Å². The third-order valence-electron chi connectivity index (χ3n) is 2.24. The summed E-state index contributed by atoms with van der Waals surface area (Å²) in [6.07, 6.45) is 1.37. The van der Waals surface area contributed by atoms with Gasteiger partial charge in [0.2, 0.25) is 0 Å². The molecule has 1 N–H and O–H groups in total. The fourth-order valence-electron chi connectivity index (χ4n) is 1.30. The normalized spacial score (nSPS) is 10.1. The average Bonchev–Trinajstić information content (AvgIpc) is 2.90. The SMILES string of the molecule is O=C(CNC(=O)c1ccc(Cl)nc1)c1ccsc1. The van der Waals surface area contributed by atoms with E-state index in [1.165, 1.54) is 23.6 Å². The number of ketones is 1. The molecule has 2 heterocycles. The molecule has 0 radical (unpaired) electrons. The number of carbonyl (C=O) groups is 2. The molecule has 18 heavy (non-hydrogen) atoms. The second kappa shape index (κ2) is 5.75. The number of amides is 1. The number of aromatic nitrogens is 1. The summed E-state index contributed by atoms with van der Waals surface area (Å²) in [5, 5.41) is 6.43. The van der Waals surface area contributed by atoms with Gasteiger partial charge in [-0.25, -0.2) is 4.98 Å². The van der Waals surface area contributed by atoms with E-state index in [9.17, 15) is 9.59 Å². The Bertz CT molecular complexity index is 552. The topological polar surface area (TPSA) is 59.1 Å². The molecule has 0 aliphatic carbocycles. The summed E-state index contributed by atoms with van der Waals surface area (Å²) in [5.41, 5.74) is 0.979. The van der Waals surface area contributed by atoms with Gasteiger partial charge in [0.05, 0.1) is 12.1 Å². The van der Waals surface area contributed by atoms with Gasteiger partial charge in [-0.15, -0.1) is 0 Å². The first kappa shape index (κ1) is 12.7. The Kier molecular flexibility index (Phi) is 4.07. The van der Waals surface area contributed by atoms with Crippen molar-refractivity contribution in [2.75, 3.05) is 6.54 Å². The first-order valence-electron chi connectivity index (χ1n) is 5.12. The standard InChI is InChI=1S/C12H9ClN2O2S/c13-11-2-1-8(5-14-11)12(17)15-6-10(16)9-3-4-18-7-9/h1-5,7H,6H2,(H,15,17). The molecule has 0 fully saturated rings. The summed E-state index contributed by atoms with van der Waals surface area (Å²) < 4.78 is 0. The maximum Gasteiger partial charge on any atom is 0.253 e. The molecule has 0 saturated carbocycles. The van der Waals surface area contributed by atoms with E-state index in [0.717, 1.165) is 0 Å². The van der Waals surface area contributed by atoms with Crippen LogP contribution in [0.25, 0.3) is 0 Å². The molecule has 1 amide bonds. The third kappa shape index (κ3) is 3.15. The molecule has 0 aliphatic heterocycles. The largest absolute Gasteiger partial charge is 0.345 e. The molecular formula is C12H9ClN2O2S. The molecule has 92 valence electrons. The van der Waals surface area contributed by atoms with E-state index in [1.807, 2.05) is 5.38 Å². The molecule has 0 aromatic carbocycles. The number of thiophene rings is 1. The summed E-state index contributed by atoms with van der Waals surface area (Å²) in [7, 11) is 0. The lowest BCUT2D eigenvalue weighted by Gasteiger charge is -2.03. The fraction of sp³-hybridized carbons (Fsp3) is 0.0833. The second-order valence-electron chi connectivity index (χ2n) is 3.49. The van der Waals surface area contributed by atoms with E-state index < -0.39 is 0 Å². The van der Waals surface area contributed by atoms with Crippen LogP contribution in [-0.4, -0.2) is 23.2 Å². The number of halogens is 1. The van der Waals surface area contributed by atoms with Gasteiger partial charge in [-0.05, 0) is 23.6 Å². The highest BCUT2D eigenvalue weighted by molar-refractivity contribution is 7.08. The van der Waals surface area contributed by atoms with Crippen LogP contribution in [0.3, 0.4) is 0 Å². The van der Waals surface area contributed by atoms with Gasteiger partial charge in [0.25, 0.3) is 5.91 Å². The van der Waals surface area contributed by atoms with Gasteiger partial charge in [-0.3, -0.25) is 9.59 Å². The van der Waals surface area contributed by atoms with Crippen LogP contribution in [0.5, 0.6) is 0 Å². The second-order valence-corrected chi connectivity index (χ2v) is 4.65. The van der Waals surface area contributed by atoms with Gasteiger partial charge >= 0.3 is 0 Å². The van der Waals surface area contributed by atoms with E-state index >= 15 is 0 Å². The molecule has 4 nitrogen and oxygen atoms in total. The monoisotopic (exact) mass is 280 g/mol. The maximum atomic E-state index is 11.7. The Labute approximate surface area is 113 Å². The van der Waals surface area contributed by atoms with Crippen molar-refractivity contribution in [1.29, 1.82) is 0 Å². The number of rotatable bonds is 4. The third-order valence-corrected chi connectivity index (χ3v) is 3.15. The first-order chi connectivity index (χ1) is 8.66. The van der Waals surface area contributed by atoms with Crippen molar-refractivity contribution in [3.05, 3.63) is 51.4 Å². The Balaban J connectivity index is 1.92. The van der Waals surface area contributed by atoms with Crippen LogP contribution in [0.1, 0.15) is 20.7 Å². The van der Waals surface area contributed by atoms with Crippen molar-refractivity contribution in [1.82, 2.24) is 10.3 Å². The van der Waals surface area contributed by atoms with E-state index in [0.29, 0.717) is 16.3 Å². The number of pyridine rings is 1. The van der Waals surface area contributed by atoms with Crippen LogP contribution in [-0.2, 0) is 0 Å². The molecule has 0 aliphatic rings. The van der Waals surface area contributed by atoms with Crippen LogP contribution in [0.4, 0.5) is 0 Å². The minimum Gasteiger partial charge on any atom is -0.345 e. The molecule has 6 heteroatoms. The molecule has 0 bridgehead atoms. The molecule has 2 rings (SSSR count). The molecule has 0 unspecified atom stereocenters. The Hall–Kier alpha value is -1.72. The van der Waals surface area contributed by atoms with E-state index in [4.69, 9.17) is 11.6 Å². The van der Waals surface area contributed by atoms with Crippen molar-refractivity contribution in [3.63, 3.8) is 0 Å². The predicted molar refractivity (Wildman–Crippen MR) is 70.2 cm³/mol. The smallest absolute Gasteiger partial charge is 0.253 e. The average molecular weight is 281 g/mol. The molecule has 0 atom stereocenters. The highest BCUT2D eigenvalue weighted by Gasteiger charge is 2.10. The van der Waals surface area contributed by atoms with Crippen molar-refractivity contribution >= 4 is 34.6 Å². The Morgan fingerprint density at radius 3 is 2.72 bits per heavy atom. The van der Waals surface area contributed by atoms with Gasteiger partial charge in [0.15, 0.2) is 5.78 Å². The zero-order valence-corrected chi connectivity index (χ0v) is 10.8. The highest BCUT2D eigenvalue weighted by atomic mass is 35.5. The Morgan fingerprint density at radius 1 is 1.28 bits per heavy atom. The van der Waals surface area contributed by atoms with Gasteiger partial charge in [0.1, 0.15) is 5.15 Å². The minimum atomic E-state index is -0.345. The van der Waals surface area contributed by atoms with Crippen LogP contribution < -0.4 is 5.32 Å². The predicted octanol–water partition coefficient (Wildman–Crippen LogP) is 2.41. The summed E-state index contributed by atoms with van der Waals surface area (Å²) in [6, 6.07) is 4.81. The molecule has 0 spiro atoms. The molecular weight excluding hydrogens is 272 g/mol. The highest BCUT2D eigenvalue weighted by Crippen LogP contribution is 2.07. The lowest BCUT2D eigenvalue weighted by atomic mass is 10.2. The zero-order chi connectivity index (χ0) is 13.0. The van der Waals surface area contributed by atoms with Crippen molar-refractivity contribution in [3.8, 4) is 0 Å². The molecule has 2 aromatic rings. The number of carbonyl (C=O) groups excluding carboxylic acids is 2. The number of hydrogen-bond acceptors (Lipinski definition) is 4. The van der Waals surface area contributed by atoms with Gasteiger partial charge in [-0.2, -0.15) is 11.3 Å². The van der Waals surface area contributed by atoms with E-state index in [2.05, 4.69) is 10.3 Å². The number of nitrogens with one attached hydrogen (secondary N) is 1. The maximum absolute atomic E-state index is 11.7. The fourth-order valence-corrected chi connectivity index (χ4v) is 2.07. The summed E-state index contributed by atoms with van der Waals surface area (Å²) in [6.45, 7) is -0.0296. The van der Waals surface area contributed by atoms with Crippen molar-refractivity contribution in [2.24, 2.45) is 0 Å². The van der Waals surface area contributed by atoms with Crippen LogP contribution in [0, 0.1) is 0 Å². The van der Waals surface area contributed by atoms with E-state index in [1.54, 1.807) is 17.5 Å². The molecule has 2 aromatic heterocycles. The minimum absolute atomic E-state index is 0.0296. The lowest BCUT2D eigenvalue weighted by molar-refractivity contribution is 0.0904. The van der Waals surface area contributed by atoms with Gasteiger partial charge in [-0.1, -0.05) is 11.6 Å².